The summed E-state index contributed by atoms with van der Waals surface area (Å²) < 4.78 is 0. The maximum atomic E-state index is 2.52. The summed E-state index contributed by atoms with van der Waals surface area (Å²) in [5.74, 6) is 4.45. The van der Waals surface area contributed by atoms with Crippen molar-refractivity contribution in [1.29, 1.82) is 0 Å². The summed E-state index contributed by atoms with van der Waals surface area (Å²) >= 11 is 0. The van der Waals surface area contributed by atoms with Crippen LogP contribution in [0, 0.1) is 23.7 Å². The van der Waals surface area contributed by atoms with Crippen molar-refractivity contribution in [3.8, 4) is 0 Å². The van der Waals surface area contributed by atoms with Gasteiger partial charge in [0.2, 0.25) is 0 Å². The second kappa shape index (κ2) is 6.46. The van der Waals surface area contributed by atoms with E-state index < -0.39 is 0 Å². The third-order valence-corrected chi connectivity index (χ3v) is 8.38. The quantitative estimate of drug-likeness (QED) is 0.313. The molecule has 2 fully saturated rings. The highest BCUT2D eigenvalue weighted by Gasteiger charge is 2.55. The molecule has 6 rings (SSSR count). The van der Waals surface area contributed by atoms with E-state index >= 15 is 0 Å². The van der Waals surface area contributed by atoms with Gasteiger partial charge in [0.05, 0.1) is 0 Å². The van der Waals surface area contributed by atoms with E-state index in [0.29, 0.717) is 11.8 Å². The Morgan fingerprint density at radius 2 is 1.17 bits per heavy atom. The van der Waals surface area contributed by atoms with Crippen molar-refractivity contribution in [3.05, 3.63) is 96.1 Å². The zero-order valence-electron chi connectivity index (χ0n) is 17.3. The summed E-state index contributed by atoms with van der Waals surface area (Å²) in [5, 5.41) is 5.64. The molecule has 0 nitrogen and oxygen atoms in total. The van der Waals surface area contributed by atoms with E-state index in [2.05, 4.69) is 98.8 Å². The van der Waals surface area contributed by atoms with Crippen molar-refractivity contribution < 1.29 is 0 Å². The van der Waals surface area contributed by atoms with Crippen LogP contribution in [0.3, 0.4) is 0 Å². The smallest absolute Gasteiger partial charge is 0.00529 e. The van der Waals surface area contributed by atoms with Crippen molar-refractivity contribution in [2.24, 2.45) is 23.7 Å². The van der Waals surface area contributed by atoms with Gasteiger partial charge in [0, 0.05) is 0 Å². The van der Waals surface area contributed by atoms with Crippen molar-refractivity contribution in [3.63, 3.8) is 0 Å². The molecule has 0 aliphatic heterocycles. The Hall–Kier alpha value is -2.60. The Balaban J connectivity index is 1.62. The molecule has 0 radical (unpaired) electrons. The number of rotatable bonds is 2. The Bertz CT molecular complexity index is 1190. The number of benzene rings is 4. The van der Waals surface area contributed by atoms with Crippen molar-refractivity contribution in [2.75, 3.05) is 0 Å². The van der Waals surface area contributed by atoms with Gasteiger partial charge in [0.15, 0.2) is 0 Å². The molecule has 0 N–H and O–H groups in total. The van der Waals surface area contributed by atoms with E-state index in [-0.39, 0.29) is 0 Å². The lowest BCUT2D eigenvalue weighted by Crippen LogP contribution is -2.30. The molecule has 0 heteroatoms. The lowest BCUT2D eigenvalue weighted by molar-refractivity contribution is 0.205. The molecule has 6 atom stereocenters. The Morgan fingerprint density at radius 1 is 0.586 bits per heavy atom. The third-order valence-electron chi connectivity index (χ3n) is 8.38. The zero-order valence-corrected chi connectivity index (χ0v) is 17.3. The number of hydrogen-bond donors (Lipinski definition) is 0. The van der Waals surface area contributed by atoms with Crippen LogP contribution in [-0.4, -0.2) is 0 Å². The van der Waals surface area contributed by atoms with Gasteiger partial charge in [-0.3, -0.25) is 0 Å². The molecule has 0 saturated heterocycles. The largest absolute Gasteiger partial charge is 0.0622 e. The zero-order chi connectivity index (χ0) is 19.5. The van der Waals surface area contributed by atoms with Crippen LogP contribution in [0.2, 0.25) is 0 Å². The SMILES string of the molecule is CC1C(C)[C@@H]2C[C@H]1[C@@H](c1ccccc1)[C@H]2c1cc2ccccc2c2ccccc12. The van der Waals surface area contributed by atoms with Gasteiger partial charge in [0.25, 0.3) is 0 Å². The molecule has 144 valence electrons. The highest BCUT2D eigenvalue weighted by atomic mass is 14.6. The van der Waals surface area contributed by atoms with Crippen molar-refractivity contribution >= 4 is 21.5 Å². The maximum absolute atomic E-state index is 2.52. The van der Waals surface area contributed by atoms with E-state index in [1.807, 2.05) is 0 Å². The lowest BCUT2D eigenvalue weighted by Gasteiger charge is -2.40. The molecule has 0 aromatic heterocycles. The van der Waals surface area contributed by atoms with Gasteiger partial charge in [-0.2, -0.15) is 0 Å². The van der Waals surface area contributed by atoms with E-state index in [1.54, 1.807) is 11.1 Å². The van der Waals surface area contributed by atoms with Crippen molar-refractivity contribution in [1.82, 2.24) is 0 Å². The first kappa shape index (κ1) is 17.3. The summed E-state index contributed by atoms with van der Waals surface area (Å²) in [5.41, 5.74) is 3.13. The third kappa shape index (κ3) is 2.45. The van der Waals surface area contributed by atoms with Gasteiger partial charge in [-0.25, -0.2) is 0 Å². The first-order chi connectivity index (χ1) is 14.2. The molecule has 0 spiro atoms. The Morgan fingerprint density at radius 3 is 1.93 bits per heavy atom. The highest BCUT2D eigenvalue weighted by Crippen LogP contribution is 2.65. The minimum Gasteiger partial charge on any atom is -0.0622 e. The van der Waals surface area contributed by atoms with E-state index in [9.17, 15) is 0 Å². The fraction of sp³-hybridized carbons (Fsp3) is 0.310. The normalized spacial score (nSPS) is 31.0. The molecule has 0 amide bonds. The fourth-order valence-electron chi connectivity index (χ4n) is 6.92. The fourth-order valence-corrected chi connectivity index (χ4v) is 6.92. The Kier molecular flexibility index (Phi) is 3.85. The standard InChI is InChI=1S/C29H28/c1-18-19(2)26-17-25(18)28(20-10-4-3-5-11-20)29(26)27-16-21-12-6-7-13-22(21)23-14-8-9-15-24(23)27/h3-16,18-19,25-26,28-29H,17H2,1-2H3/t18?,19?,25-,26+,28-,29-/m1/s1. The molecule has 29 heavy (non-hydrogen) atoms. The van der Waals surface area contributed by atoms with Crippen LogP contribution in [-0.2, 0) is 0 Å². The van der Waals surface area contributed by atoms with Crippen molar-refractivity contribution in [2.45, 2.75) is 32.1 Å². The molecular formula is C29H28. The average molecular weight is 377 g/mol. The molecule has 2 bridgehead atoms. The lowest BCUT2D eigenvalue weighted by atomic mass is 9.64. The van der Waals surface area contributed by atoms with Gasteiger partial charge in [0.1, 0.15) is 0 Å². The topological polar surface area (TPSA) is 0 Å². The first-order valence-electron chi connectivity index (χ1n) is 11.2. The molecule has 2 aliphatic carbocycles. The monoisotopic (exact) mass is 376 g/mol. The molecule has 4 aromatic carbocycles. The molecular weight excluding hydrogens is 348 g/mol. The summed E-state index contributed by atoms with van der Waals surface area (Å²) in [6, 6.07) is 31.9. The van der Waals surface area contributed by atoms with Crippen LogP contribution in [0.4, 0.5) is 0 Å². The first-order valence-corrected chi connectivity index (χ1v) is 11.2. The summed E-state index contributed by atoms with van der Waals surface area (Å²) in [6.07, 6.45) is 1.38. The van der Waals surface area contributed by atoms with E-state index in [0.717, 1.165) is 23.7 Å². The highest BCUT2D eigenvalue weighted by molar-refractivity contribution is 6.09. The van der Waals surface area contributed by atoms with Crippen LogP contribution in [0.5, 0.6) is 0 Å². The molecule has 0 heterocycles. The van der Waals surface area contributed by atoms with Crippen LogP contribution in [0.1, 0.15) is 43.2 Å². The van der Waals surface area contributed by atoms with Gasteiger partial charge < -0.3 is 0 Å². The molecule has 4 aromatic rings. The predicted molar refractivity (Wildman–Crippen MR) is 123 cm³/mol. The van der Waals surface area contributed by atoms with Crippen LogP contribution in [0.15, 0.2) is 84.9 Å². The van der Waals surface area contributed by atoms with Gasteiger partial charge in [-0.05, 0) is 74.6 Å². The molecule has 2 unspecified atom stereocenters. The maximum Gasteiger partial charge on any atom is -0.00529 e. The second-order valence-corrected chi connectivity index (χ2v) is 9.48. The second-order valence-electron chi connectivity index (χ2n) is 9.48. The molecule has 2 aliphatic rings. The van der Waals surface area contributed by atoms with Gasteiger partial charge in [-0.15, -0.1) is 0 Å². The number of hydrogen-bond acceptors (Lipinski definition) is 0. The van der Waals surface area contributed by atoms with Gasteiger partial charge in [-0.1, -0.05) is 98.8 Å². The van der Waals surface area contributed by atoms with Crippen LogP contribution < -0.4 is 0 Å². The number of fused-ring (bicyclic) bond motifs is 5. The van der Waals surface area contributed by atoms with E-state index in [4.69, 9.17) is 0 Å². The summed E-state index contributed by atoms with van der Waals surface area (Å²) in [6.45, 7) is 5.01. The Labute approximate surface area is 173 Å². The van der Waals surface area contributed by atoms with E-state index in [1.165, 1.54) is 28.0 Å². The van der Waals surface area contributed by atoms with Gasteiger partial charge >= 0.3 is 0 Å². The minimum absolute atomic E-state index is 0.614. The predicted octanol–water partition coefficient (Wildman–Crippen LogP) is 7.78. The summed E-state index contributed by atoms with van der Waals surface area (Å²) in [4.78, 5) is 0. The summed E-state index contributed by atoms with van der Waals surface area (Å²) in [7, 11) is 0. The molecule has 2 saturated carbocycles. The minimum atomic E-state index is 0.614. The van der Waals surface area contributed by atoms with Crippen LogP contribution >= 0.6 is 0 Å². The average Bonchev–Trinajstić information content (AvgIpc) is 3.30. The van der Waals surface area contributed by atoms with Crippen LogP contribution in [0.25, 0.3) is 21.5 Å².